The number of benzene rings is 9. The van der Waals surface area contributed by atoms with Gasteiger partial charge in [0.25, 0.3) is 0 Å². The largest absolute Gasteiger partial charge is 0.310 e. The van der Waals surface area contributed by atoms with Crippen molar-refractivity contribution in [2.45, 2.75) is 0 Å². The van der Waals surface area contributed by atoms with Gasteiger partial charge in [0.2, 0.25) is 0 Å². The first kappa shape index (κ1) is 30.0. The molecule has 0 atom stereocenters. The Labute approximate surface area is 303 Å². The van der Waals surface area contributed by atoms with E-state index in [0.717, 1.165) is 22.7 Å². The molecule has 9 aromatic carbocycles. The number of anilines is 3. The fraction of sp³-hybridized carbons (Fsp3) is 0. The number of nitrogens with zero attached hydrogens (tertiary/aromatic N) is 2. The van der Waals surface area contributed by atoms with Gasteiger partial charge < -0.3 is 9.47 Å². The first-order valence-corrected chi connectivity index (χ1v) is 17.9. The van der Waals surface area contributed by atoms with Gasteiger partial charge in [0.15, 0.2) is 0 Å². The summed E-state index contributed by atoms with van der Waals surface area (Å²) in [4.78, 5) is 2.42. The average Bonchev–Trinajstić information content (AvgIpc) is 3.56. The second-order valence-electron chi connectivity index (χ2n) is 13.4. The van der Waals surface area contributed by atoms with Crippen molar-refractivity contribution in [2.24, 2.45) is 0 Å². The summed E-state index contributed by atoms with van der Waals surface area (Å²) in [6.07, 6.45) is 0. The van der Waals surface area contributed by atoms with Crippen LogP contribution in [-0.4, -0.2) is 4.57 Å². The van der Waals surface area contributed by atoms with Gasteiger partial charge in [-0.3, -0.25) is 0 Å². The van der Waals surface area contributed by atoms with E-state index in [2.05, 4.69) is 216 Å². The van der Waals surface area contributed by atoms with Gasteiger partial charge in [-0.15, -0.1) is 0 Å². The van der Waals surface area contributed by atoms with Crippen LogP contribution in [-0.2, 0) is 0 Å². The van der Waals surface area contributed by atoms with Crippen molar-refractivity contribution in [1.82, 2.24) is 4.57 Å². The molecule has 10 rings (SSSR count). The lowest BCUT2D eigenvalue weighted by Gasteiger charge is -2.29. The van der Waals surface area contributed by atoms with Crippen LogP contribution in [0.5, 0.6) is 0 Å². The van der Waals surface area contributed by atoms with Crippen LogP contribution >= 0.6 is 0 Å². The molecule has 10 aromatic rings. The number of para-hydroxylation sites is 2. The molecule has 0 radical (unpaired) electrons. The Morgan fingerprint density at radius 1 is 0.327 bits per heavy atom. The van der Waals surface area contributed by atoms with E-state index in [1.165, 1.54) is 65.6 Å². The van der Waals surface area contributed by atoms with Crippen molar-refractivity contribution in [1.29, 1.82) is 0 Å². The quantitative estimate of drug-likeness (QED) is 0.172. The van der Waals surface area contributed by atoms with Crippen molar-refractivity contribution < 1.29 is 0 Å². The van der Waals surface area contributed by atoms with Gasteiger partial charge in [-0.25, -0.2) is 0 Å². The van der Waals surface area contributed by atoms with Gasteiger partial charge in [0.05, 0.1) is 16.7 Å². The Kier molecular flexibility index (Phi) is 7.18. The molecule has 0 aliphatic carbocycles. The molecule has 52 heavy (non-hydrogen) atoms. The van der Waals surface area contributed by atoms with Crippen LogP contribution < -0.4 is 4.90 Å². The summed E-state index contributed by atoms with van der Waals surface area (Å²) in [6, 6.07) is 74.8. The Balaban J connectivity index is 1.21. The lowest BCUT2D eigenvalue weighted by molar-refractivity contribution is 1.17. The summed E-state index contributed by atoms with van der Waals surface area (Å²) in [7, 11) is 0. The summed E-state index contributed by atoms with van der Waals surface area (Å²) in [5, 5.41) is 7.41. The minimum absolute atomic E-state index is 1.09. The summed E-state index contributed by atoms with van der Waals surface area (Å²) in [5.74, 6) is 0. The normalized spacial score (nSPS) is 11.5. The van der Waals surface area contributed by atoms with Crippen LogP contribution in [0.3, 0.4) is 0 Å². The smallest absolute Gasteiger partial charge is 0.0541 e. The van der Waals surface area contributed by atoms with Crippen molar-refractivity contribution in [2.75, 3.05) is 4.90 Å². The highest BCUT2D eigenvalue weighted by Gasteiger charge is 2.21. The van der Waals surface area contributed by atoms with Crippen LogP contribution in [0.15, 0.2) is 206 Å². The van der Waals surface area contributed by atoms with Gasteiger partial charge in [-0.2, -0.15) is 0 Å². The topological polar surface area (TPSA) is 8.17 Å². The first-order valence-electron chi connectivity index (χ1n) is 17.9. The minimum atomic E-state index is 1.09. The van der Waals surface area contributed by atoms with E-state index in [1.54, 1.807) is 0 Å². The average molecular weight is 663 g/mol. The fourth-order valence-electron chi connectivity index (χ4n) is 7.91. The molecule has 0 unspecified atom stereocenters. The van der Waals surface area contributed by atoms with Gasteiger partial charge in [-0.05, 0) is 98.9 Å². The highest BCUT2D eigenvalue weighted by Crippen LogP contribution is 2.45. The van der Waals surface area contributed by atoms with Gasteiger partial charge in [0, 0.05) is 33.4 Å². The Bertz CT molecular complexity index is 2840. The predicted octanol–water partition coefficient (Wildman–Crippen LogP) is 13.9. The number of fused-ring (bicyclic) bond motifs is 5. The van der Waals surface area contributed by atoms with E-state index in [1.807, 2.05) is 0 Å². The standard InChI is InChI=1S/C50H34N2/c1-2-13-35(14-3-1)39-26-32-50(47(34-39)44-22-12-18-37-16-6-7-19-43(37)44)51(42-27-25-36-15-4-5-17-38(36)33-42)40-28-30-41(31-29-40)52-48-23-10-8-20-45(48)46-21-9-11-24-49(46)52/h1-34H. The SMILES string of the molecule is c1ccc(-c2ccc(N(c3ccc(-n4c5ccccc5c5ccccc54)cc3)c3ccc4ccccc4c3)c(-c3cccc4ccccc34)c2)cc1. The van der Waals surface area contributed by atoms with Crippen LogP contribution in [0.2, 0.25) is 0 Å². The minimum Gasteiger partial charge on any atom is -0.310 e. The molecular weight excluding hydrogens is 629 g/mol. The van der Waals surface area contributed by atoms with Crippen LogP contribution in [0.25, 0.3) is 71.3 Å². The number of hydrogen-bond acceptors (Lipinski definition) is 1. The number of aromatic nitrogens is 1. The molecule has 0 amide bonds. The molecule has 2 nitrogen and oxygen atoms in total. The van der Waals surface area contributed by atoms with Crippen LogP contribution in [0, 0.1) is 0 Å². The molecule has 0 fully saturated rings. The third-order valence-electron chi connectivity index (χ3n) is 10.4. The second kappa shape index (κ2) is 12.5. The summed E-state index contributed by atoms with van der Waals surface area (Å²) in [5.41, 5.74) is 11.6. The predicted molar refractivity (Wildman–Crippen MR) is 221 cm³/mol. The molecule has 0 bridgehead atoms. The van der Waals surface area contributed by atoms with E-state index in [-0.39, 0.29) is 0 Å². The highest BCUT2D eigenvalue weighted by atomic mass is 15.1. The third-order valence-corrected chi connectivity index (χ3v) is 10.4. The van der Waals surface area contributed by atoms with Crippen molar-refractivity contribution >= 4 is 60.4 Å². The van der Waals surface area contributed by atoms with Gasteiger partial charge in [-0.1, -0.05) is 146 Å². The fourth-order valence-corrected chi connectivity index (χ4v) is 7.91. The van der Waals surface area contributed by atoms with E-state index in [9.17, 15) is 0 Å². The monoisotopic (exact) mass is 662 g/mol. The maximum Gasteiger partial charge on any atom is 0.0541 e. The third kappa shape index (κ3) is 5.04. The highest BCUT2D eigenvalue weighted by molar-refractivity contribution is 6.09. The van der Waals surface area contributed by atoms with E-state index >= 15 is 0 Å². The molecule has 0 N–H and O–H groups in total. The van der Waals surface area contributed by atoms with E-state index < -0.39 is 0 Å². The lowest BCUT2D eigenvalue weighted by atomic mass is 9.93. The van der Waals surface area contributed by atoms with Crippen molar-refractivity contribution in [3.8, 4) is 27.9 Å². The molecule has 1 heterocycles. The zero-order chi connectivity index (χ0) is 34.4. The molecule has 0 spiro atoms. The van der Waals surface area contributed by atoms with E-state index in [0.29, 0.717) is 0 Å². The molecule has 1 aromatic heterocycles. The van der Waals surface area contributed by atoms with Crippen LogP contribution in [0.4, 0.5) is 17.1 Å². The zero-order valence-electron chi connectivity index (χ0n) is 28.5. The van der Waals surface area contributed by atoms with Gasteiger partial charge in [0.1, 0.15) is 0 Å². The molecule has 0 aliphatic heterocycles. The zero-order valence-corrected chi connectivity index (χ0v) is 28.5. The van der Waals surface area contributed by atoms with Crippen molar-refractivity contribution in [3.05, 3.63) is 206 Å². The Morgan fingerprint density at radius 2 is 0.923 bits per heavy atom. The lowest BCUT2D eigenvalue weighted by Crippen LogP contribution is -2.11. The van der Waals surface area contributed by atoms with E-state index in [4.69, 9.17) is 0 Å². The molecule has 244 valence electrons. The second-order valence-corrected chi connectivity index (χ2v) is 13.4. The maximum absolute atomic E-state index is 2.42. The van der Waals surface area contributed by atoms with Crippen molar-refractivity contribution in [3.63, 3.8) is 0 Å². The Morgan fingerprint density at radius 3 is 1.67 bits per heavy atom. The molecule has 0 saturated heterocycles. The molecule has 0 aliphatic rings. The number of hydrogen-bond donors (Lipinski definition) is 0. The Hall–Kier alpha value is -6.90. The summed E-state index contributed by atoms with van der Waals surface area (Å²) in [6.45, 7) is 0. The summed E-state index contributed by atoms with van der Waals surface area (Å²) >= 11 is 0. The van der Waals surface area contributed by atoms with Gasteiger partial charge >= 0.3 is 0 Å². The molecular formula is C50H34N2. The summed E-state index contributed by atoms with van der Waals surface area (Å²) < 4.78 is 2.38. The number of rotatable bonds is 6. The first-order chi connectivity index (χ1) is 25.8. The van der Waals surface area contributed by atoms with Crippen LogP contribution in [0.1, 0.15) is 0 Å². The maximum atomic E-state index is 2.42. The molecule has 2 heteroatoms. The molecule has 0 saturated carbocycles.